The molecule has 1 aromatic carbocycles. The molecule has 0 aliphatic heterocycles. The number of hydrogen-bond acceptors (Lipinski definition) is 3. The van der Waals surface area contributed by atoms with E-state index in [1.807, 2.05) is 45.2 Å². The molecule has 0 amide bonds. The molecule has 0 saturated heterocycles. The summed E-state index contributed by atoms with van der Waals surface area (Å²) in [5.74, 6) is 0. The maximum absolute atomic E-state index is 9.42. The molecule has 1 aromatic rings. The van der Waals surface area contributed by atoms with Crippen molar-refractivity contribution < 1.29 is 9.84 Å². The SMILES string of the molecule is CC(C)OCCN(C)c1ccc([C@H](C)O)cc1. The quantitative estimate of drug-likeness (QED) is 0.825. The summed E-state index contributed by atoms with van der Waals surface area (Å²) in [5.41, 5.74) is 2.09. The van der Waals surface area contributed by atoms with E-state index in [0.29, 0.717) is 0 Å². The topological polar surface area (TPSA) is 32.7 Å². The van der Waals surface area contributed by atoms with E-state index in [-0.39, 0.29) is 6.10 Å². The number of hydrogen-bond donors (Lipinski definition) is 1. The molecule has 17 heavy (non-hydrogen) atoms. The second-order valence-corrected chi connectivity index (χ2v) is 4.61. The van der Waals surface area contributed by atoms with Gasteiger partial charge in [0.1, 0.15) is 0 Å². The van der Waals surface area contributed by atoms with Gasteiger partial charge in [-0.05, 0) is 38.5 Å². The van der Waals surface area contributed by atoms with Crippen LogP contribution in [0.2, 0.25) is 0 Å². The Balaban J connectivity index is 2.48. The lowest BCUT2D eigenvalue weighted by Crippen LogP contribution is -2.23. The van der Waals surface area contributed by atoms with E-state index in [0.717, 1.165) is 24.4 Å². The highest BCUT2D eigenvalue weighted by Gasteiger charge is 2.04. The molecule has 0 heterocycles. The molecule has 1 atom stereocenters. The fourth-order valence-corrected chi connectivity index (χ4v) is 1.56. The molecule has 0 fully saturated rings. The largest absolute Gasteiger partial charge is 0.389 e. The minimum Gasteiger partial charge on any atom is -0.389 e. The average molecular weight is 237 g/mol. The van der Waals surface area contributed by atoms with Crippen LogP contribution in [-0.2, 0) is 4.74 Å². The van der Waals surface area contributed by atoms with Crippen molar-refractivity contribution in [2.24, 2.45) is 0 Å². The van der Waals surface area contributed by atoms with Crippen molar-refractivity contribution in [2.45, 2.75) is 33.0 Å². The Morgan fingerprint density at radius 3 is 2.24 bits per heavy atom. The number of aliphatic hydroxyl groups is 1. The molecule has 0 aliphatic carbocycles. The van der Waals surface area contributed by atoms with Crippen molar-refractivity contribution in [3.8, 4) is 0 Å². The van der Waals surface area contributed by atoms with Crippen molar-refractivity contribution in [3.63, 3.8) is 0 Å². The van der Waals surface area contributed by atoms with Gasteiger partial charge in [0.25, 0.3) is 0 Å². The maximum atomic E-state index is 9.42. The Hall–Kier alpha value is -1.06. The van der Waals surface area contributed by atoms with Crippen molar-refractivity contribution in [3.05, 3.63) is 29.8 Å². The van der Waals surface area contributed by atoms with Crippen LogP contribution in [0.1, 0.15) is 32.4 Å². The number of benzene rings is 1. The van der Waals surface area contributed by atoms with Gasteiger partial charge in [0.15, 0.2) is 0 Å². The molecule has 0 spiro atoms. The van der Waals surface area contributed by atoms with Gasteiger partial charge < -0.3 is 14.7 Å². The van der Waals surface area contributed by atoms with Crippen LogP contribution < -0.4 is 4.90 Å². The minimum absolute atomic E-state index is 0.279. The summed E-state index contributed by atoms with van der Waals surface area (Å²) in [6.07, 6.45) is -0.125. The van der Waals surface area contributed by atoms with Crippen LogP contribution in [0.25, 0.3) is 0 Å². The third-order valence-corrected chi connectivity index (χ3v) is 2.69. The van der Waals surface area contributed by atoms with Crippen LogP contribution in [0.4, 0.5) is 5.69 Å². The molecule has 0 unspecified atom stereocenters. The number of rotatable bonds is 6. The zero-order chi connectivity index (χ0) is 12.8. The molecule has 3 heteroatoms. The number of anilines is 1. The summed E-state index contributed by atoms with van der Waals surface area (Å²) in [4.78, 5) is 2.15. The first-order valence-electron chi connectivity index (χ1n) is 6.11. The standard InChI is InChI=1S/C14H23NO2/c1-11(2)17-10-9-15(4)14-7-5-13(6-8-14)12(3)16/h5-8,11-12,16H,9-10H2,1-4H3/t12-/m0/s1. The Morgan fingerprint density at radius 2 is 1.76 bits per heavy atom. The van der Waals surface area contributed by atoms with E-state index in [4.69, 9.17) is 4.74 Å². The molecule has 0 radical (unpaired) electrons. The molecule has 3 nitrogen and oxygen atoms in total. The fourth-order valence-electron chi connectivity index (χ4n) is 1.56. The number of aliphatic hydroxyl groups excluding tert-OH is 1. The fraction of sp³-hybridized carbons (Fsp3) is 0.571. The molecule has 96 valence electrons. The van der Waals surface area contributed by atoms with Crippen LogP contribution in [0.3, 0.4) is 0 Å². The summed E-state index contributed by atoms with van der Waals surface area (Å²) in [5, 5.41) is 9.42. The van der Waals surface area contributed by atoms with E-state index in [1.165, 1.54) is 0 Å². The average Bonchev–Trinajstić information content (AvgIpc) is 2.28. The van der Waals surface area contributed by atoms with E-state index < -0.39 is 6.10 Å². The molecule has 0 saturated carbocycles. The summed E-state index contributed by atoms with van der Waals surface area (Å²) in [6, 6.07) is 7.97. The van der Waals surface area contributed by atoms with Crippen LogP contribution in [0, 0.1) is 0 Å². The monoisotopic (exact) mass is 237 g/mol. The predicted octanol–water partition coefficient (Wildman–Crippen LogP) is 2.60. The first kappa shape index (κ1) is 14.0. The van der Waals surface area contributed by atoms with Crippen molar-refractivity contribution in [1.29, 1.82) is 0 Å². The molecule has 0 aliphatic rings. The molecule has 1 N–H and O–H groups in total. The van der Waals surface area contributed by atoms with E-state index in [2.05, 4.69) is 4.90 Å². The van der Waals surface area contributed by atoms with Crippen LogP contribution in [0.5, 0.6) is 0 Å². The summed E-state index contributed by atoms with van der Waals surface area (Å²) in [6.45, 7) is 7.45. The first-order chi connectivity index (χ1) is 8.00. The lowest BCUT2D eigenvalue weighted by Gasteiger charge is -2.20. The molecule has 1 rings (SSSR count). The Morgan fingerprint density at radius 1 is 1.18 bits per heavy atom. The second-order valence-electron chi connectivity index (χ2n) is 4.61. The zero-order valence-electron chi connectivity index (χ0n) is 11.2. The van der Waals surface area contributed by atoms with Crippen LogP contribution in [-0.4, -0.2) is 31.4 Å². The number of likely N-dealkylation sites (N-methyl/N-ethyl adjacent to an activating group) is 1. The van der Waals surface area contributed by atoms with E-state index >= 15 is 0 Å². The van der Waals surface area contributed by atoms with Gasteiger partial charge >= 0.3 is 0 Å². The van der Waals surface area contributed by atoms with Crippen molar-refractivity contribution >= 4 is 5.69 Å². The third kappa shape index (κ3) is 4.75. The molecular formula is C14H23NO2. The lowest BCUT2D eigenvalue weighted by molar-refractivity contribution is 0.0846. The van der Waals surface area contributed by atoms with Crippen LogP contribution >= 0.6 is 0 Å². The highest BCUT2D eigenvalue weighted by molar-refractivity contribution is 5.47. The predicted molar refractivity (Wildman–Crippen MR) is 71.4 cm³/mol. The Bertz CT molecular complexity index is 319. The van der Waals surface area contributed by atoms with Gasteiger partial charge in [-0.25, -0.2) is 0 Å². The summed E-state index contributed by atoms with van der Waals surface area (Å²) < 4.78 is 5.51. The normalized spacial score (nSPS) is 12.8. The van der Waals surface area contributed by atoms with Crippen LogP contribution in [0.15, 0.2) is 24.3 Å². The minimum atomic E-state index is -0.404. The molecule has 0 aromatic heterocycles. The van der Waals surface area contributed by atoms with Gasteiger partial charge in [-0.2, -0.15) is 0 Å². The first-order valence-corrected chi connectivity index (χ1v) is 6.11. The van der Waals surface area contributed by atoms with E-state index in [9.17, 15) is 5.11 Å². The smallest absolute Gasteiger partial charge is 0.0761 e. The maximum Gasteiger partial charge on any atom is 0.0761 e. The van der Waals surface area contributed by atoms with E-state index in [1.54, 1.807) is 6.92 Å². The highest BCUT2D eigenvalue weighted by atomic mass is 16.5. The third-order valence-electron chi connectivity index (χ3n) is 2.69. The lowest BCUT2D eigenvalue weighted by atomic mass is 10.1. The van der Waals surface area contributed by atoms with Crippen molar-refractivity contribution in [1.82, 2.24) is 0 Å². The van der Waals surface area contributed by atoms with Gasteiger partial charge in [0.2, 0.25) is 0 Å². The second kappa shape index (κ2) is 6.62. The van der Waals surface area contributed by atoms with Gasteiger partial charge in [-0.15, -0.1) is 0 Å². The Kier molecular flexibility index (Phi) is 5.45. The van der Waals surface area contributed by atoms with Gasteiger partial charge in [-0.1, -0.05) is 12.1 Å². The molecular weight excluding hydrogens is 214 g/mol. The summed E-state index contributed by atoms with van der Waals surface area (Å²) >= 11 is 0. The highest BCUT2D eigenvalue weighted by Crippen LogP contribution is 2.17. The summed E-state index contributed by atoms with van der Waals surface area (Å²) in [7, 11) is 2.04. The van der Waals surface area contributed by atoms with Gasteiger partial charge in [0, 0.05) is 19.3 Å². The van der Waals surface area contributed by atoms with Gasteiger partial charge in [0.05, 0.1) is 18.8 Å². The number of ether oxygens (including phenoxy) is 1. The molecule has 0 bridgehead atoms. The zero-order valence-corrected chi connectivity index (χ0v) is 11.2. The van der Waals surface area contributed by atoms with Crippen molar-refractivity contribution in [2.75, 3.05) is 25.1 Å². The number of nitrogens with zero attached hydrogens (tertiary/aromatic N) is 1. The Labute approximate surface area is 104 Å². The van der Waals surface area contributed by atoms with Gasteiger partial charge in [-0.3, -0.25) is 0 Å².